The summed E-state index contributed by atoms with van der Waals surface area (Å²) in [7, 11) is 1.49. The first-order valence-corrected chi connectivity index (χ1v) is 11.4. The molecule has 1 heterocycles. The highest BCUT2D eigenvalue weighted by Gasteiger charge is 2.45. The molecule has 0 aliphatic carbocycles. The van der Waals surface area contributed by atoms with Gasteiger partial charge in [-0.1, -0.05) is 30.7 Å². The van der Waals surface area contributed by atoms with E-state index in [4.69, 9.17) is 25.8 Å². The molecule has 2 unspecified atom stereocenters. The number of esters is 1. The van der Waals surface area contributed by atoms with E-state index in [0.29, 0.717) is 5.75 Å². The Kier molecular flexibility index (Phi) is 7.59. The lowest BCUT2D eigenvalue weighted by molar-refractivity contribution is -0.158. The monoisotopic (exact) mass is 513 g/mol. The topological polar surface area (TPSA) is 65.1 Å². The van der Waals surface area contributed by atoms with Crippen LogP contribution in [0.4, 0.5) is 18.9 Å². The zero-order chi connectivity index (χ0) is 26.1. The zero-order valence-electron chi connectivity index (χ0n) is 20.0. The van der Waals surface area contributed by atoms with Gasteiger partial charge in [-0.2, -0.15) is 13.2 Å². The van der Waals surface area contributed by atoms with Crippen LogP contribution in [0.3, 0.4) is 0 Å². The van der Waals surface area contributed by atoms with Crippen LogP contribution in [0.5, 0.6) is 11.5 Å². The molecule has 0 bridgehead atoms. The summed E-state index contributed by atoms with van der Waals surface area (Å²) in [5, 5.41) is 0.0671. The molecule has 0 fully saturated rings. The lowest BCUT2D eigenvalue weighted by Gasteiger charge is -2.31. The van der Waals surface area contributed by atoms with Gasteiger partial charge in [-0.25, -0.2) is 4.79 Å². The van der Waals surface area contributed by atoms with Crippen molar-refractivity contribution in [1.29, 1.82) is 0 Å². The van der Waals surface area contributed by atoms with Gasteiger partial charge in [-0.3, -0.25) is 4.79 Å². The Bertz CT molecular complexity index is 1120. The van der Waals surface area contributed by atoms with Crippen molar-refractivity contribution >= 4 is 29.2 Å². The quantitative estimate of drug-likeness (QED) is 0.433. The van der Waals surface area contributed by atoms with Gasteiger partial charge in [0.05, 0.1) is 18.2 Å². The Morgan fingerprint density at radius 1 is 1.20 bits per heavy atom. The molecule has 1 amide bonds. The second-order valence-corrected chi connectivity index (χ2v) is 9.20. The Labute approximate surface area is 206 Å². The van der Waals surface area contributed by atoms with Crippen LogP contribution >= 0.6 is 11.6 Å². The maximum absolute atomic E-state index is 14.3. The largest absolute Gasteiger partial charge is 0.482 e. The Hall–Kier alpha value is -2.94. The Morgan fingerprint density at radius 3 is 2.49 bits per heavy atom. The van der Waals surface area contributed by atoms with Crippen molar-refractivity contribution in [1.82, 2.24) is 0 Å². The summed E-state index contributed by atoms with van der Waals surface area (Å²) in [5.41, 5.74) is -0.797. The first-order valence-electron chi connectivity index (χ1n) is 11.0. The molecular weight excluding hydrogens is 487 g/mol. The van der Waals surface area contributed by atoms with Gasteiger partial charge in [-0.05, 0) is 62.1 Å². The van der Waals surface area contributed by atoms with Crippen molar-refractivity contribution in [3.05, 3.63) is 52.5 Å². The van der Waals surface area contributed by atoms with Crippen LogP contribution in [-0.4, -0.2) is 43.9 Å². The van der Waals surface area contributed by atoms with Gasteiger partial charge >= 0.3 is 12.1 Å². The Balaban J connectivity index is 1.94. The van der Waals surface area contributed by atoms with Crippen molar-refractivity contribution in [3.63, 3.8) is 0 Å². The van der Waals surface area contributed by atoms with Crippen molar-refractivity contribution in [2.45, 2.75) is 51.3 Å². The number of alkyl halides is 3. The molecule has 0 N–H and O–H groups in total. The molecule has 0 radical (unpaired) electrons. The first kappa shape index (κ1) is 26.7. The molecule has 1 aliphatic rings. The Morgan fingerprint density at radius 2 is 1.89 bits per heavy atom. The number of ether oxygens (including phenoxy) is 3. The number of carbonyl (C=O) groups excluding carboxylic acids is 2. The summed E-state index contributed by atoms with van der Waals surface area (Å²) in [4.78, 5) is 25.3. The second kappa shape index (κ2) is 9.97. The first-order chi connectivity index (χ1) is 16.3. The van der Waals surface area contributed by atoms with Crippen molar-refractivity contribution in [2.75, 3.05) is 25.2 Å². The molecular formula is C25H27ClF3NO5. The summed E-state index contributed by atoms with van der Waals surface area (Å²) in [6, 6.07) is 8.43. The van der Waals surface area contributed by atoms with E-state index in [1.54, 1.807) is 6.92 Å². The van der Waals surface area contributed by atoms with Crippen molar-refractivity contribution in [2.24, 2.45) is 0 Å². The number of likely N-dealkylation sites (N-methyl/N-ethyl adjacent to an activating group) is 1. The second-order valence-electron chi connectivity index (χ2n) is 8.79. The number of hydrogen-bond donors (Lipinski definition) is 0. The zero-order valence-corrected chi connectivity index (χ0v) is 20.8. The molecule has 35 heavy (non-hydrogen) atoms. The number of halogens is 4. The molecule has 2 aromatic rings. The molecule has 6 nitrogen and oxygen atoms in total. The molecule has 0 aromatic heterocycles. The maximum Gasteiger partial charge on any atom is 0.396 e. The van der Waals surface area contributed by atoms with Gasteiger partial charge in [0.2, 0.25) is 0 Å². The van der Waals surface area contributed by atoms with E-state index in [1.165, 1.54) is 69.1 Å². The SMILES string of the molecule is CCOC(=O)C(C)(C)Oc1ccc(C(C)C(c2ccc3c(c2)N(C)C(=O)CO3)C(F)(F)F)c(Cl)c1. The van der Waals surface area contributed by atoms with Crippen LogP contribution < -0.4 is 14.4 Å². The number of anilines is 1. The predicted octanol–water partition coefficient (Wildman–Crippen LogP) is 5.87. The minimum absolute atomic E-state index is 0.0197. The van der Waals surface area contributed by atoms with Crippen LogP contribution in [0.2, 0.25) is 5.02 Å². The number of amides is 1. The summed E-state index contributed by atoms with van der Waals surface area (Å²) < 4.78 is 59.0. The molecule has 0 saturated carbocycles. The van der Waals surface area contributed by atoms with Crippen LogP contribution in [0.15, 0.2) is 36.4 Å². The fourth-order valence-corrected chi connectivity index (χ4v) is 4.35. The van der Waals surface area contributed by atoms with Gasteiger partial charge in [0.15, 0.2) is 12.2 Å². The summed E-state index contributed by atoms with van der Waals surface area (Å²) >= 11 is 6.40. The van der Waals surface area contributed by atoms with E-state index < -0.39 is 29.6 Å². The fourth-order valence-electron chi connectivity index (χ4n) is 4.01. The standard InChI is InChI=1S/C25H27ClF3NO5/c1-6-33-23(32)24(3,4)35-16-8-9-17(18(26)12-16)14(2)22(25(27,28)29)15-7-10-20-19(11-15)30(5)21(31)13-34-20/h7-12,14,22H,6,13H2,1-5H3. The normalized spacial score (nSPS) is 15.7. The molecule has 0 saturated heterocycles. The maximum atomic E-state index is 14.3. The average Bonchev–Trinajstić information content (AvgIpc) is 2.75. The smallest absolute Gasteiger partial charge is 0.396 e. The van der Waals surface area contributed by atoms with Gasteiger partial charge in [0.25, 0.3) is 5.91 Å². The highest BCUT2D eigenvalue weighted by molar-refractivity contribution is 6.31. The van der Waals surface area contributed by atoms with Gasteiger partial charge in [0, 0.05) is 12.1 Å². The third kappa shape index (κ3) is 5.66. The van der Waals surface area contributed by atoms with Crippen LogP contribution in [-0.2, 0) is 14.3 Å². The third-order valence-corrected chi connectivity index (χ3v) is 6.21. The van der Waals surface area contributed by atoms with E-state index >= 15 is 0 Å². The molecule has 3 rings (SSSR count). The molecule has 190 valence electrons. The van der Waals surface area contributed by atoms with Gasteiger partial charge in [0.1, 0.15) is 11.5 Å². The van der Waals surface area contributed by atoms with E-state index in [0.717, 1.165) is 0 Å². The molecule has 2 atom stereocenters. The number of benzene rings is 2. The number of carbonyl (C=O) groups is 2. The average molecular weight is 514 g/mol. The number of hydrogen-bond acceptors (Lipinski definition) is 5. The number of fused-ring (bicyclic) bond motifs is 1. The van der Waals surface area contributed by atoms with E-state index in [1.807, 2.05) is 0 Å². The fraction of sp³-hybridized carbons (Fsp3) is 0.440. The van der Waals surface area contributed by atoms with Crippen LogP contribution in [0, 0.1) is 0 Å². The minimum atomic E-state index is -4.60. The van der Waals surface area contributed by atoms with E-state index in [2.05, 4.69) is 0 Å². The highest BCUT2D eigenvalue weighted by Crippen LogP contribution is 2.48. The van der Waals surface area contributed by atoms with Gasteiger partial charge in [-0.15, -0.1) is 0 Å². The molecule has 2 aromatic carbocycles. The number of rotatable bonds is 7. The van der Waals surface area contributed by atoms with Crippen molar-refractivity contribution < 1.29 is 37.0 Å². The third-order valence-electron chi connectivity index (χ3n) is 5.88. The molecule has 10 heteroatoms. The minimum Gasteiger partial charge on any atom is -0.482 e. The van der Waals surface area contributed by atoms with Crippen LogP contribution in [0.25, 0.3) is 0 Å². The predicted molar refractivity (Wildman–Crippen MR) is 125 cm³/mol. The number of nitrogens with zero attached hydrogens (tertiary/aromatic N) is 1. The highest BCUT2D eigenvalue weighted by atomic mass is 35.5. The van der Waals surface area contributed by atoms with Crippen molar-refractivity contribution in [3.8, 4) is 11.5 Å². The van der Waals surface area contributed by atoms with E-state index in [-0.39, 0.29) is 46.7 Å². The lowest BCUT2D eigenvalue weighted by Crippen LogP contribution is -2.39. The van der Waals surface area contributed by atoms with Gasteiger partial charge < -0.3 is 19.1 Å². The summed E-state index contributed by atoms with van der Waals surface area (Å²) in [6.45, 7) is 6.17. The van der Waals surface area contributed by atoms with Crippen LogP contribution in [0.1, 0.15) is 50.7 Å². The molecule has 1 aliphatic heterocycles. The molecule has 0 spiro atoms. The lowest BCUT2D eigenvalue weighted by atomic mass is 9.81. The summed E-state index contributed by atoms with van der Waals surface area (Å²) in [5.74, 6) is -3.34. The summed E-state index contributed by atoms with van der Waals surface area (Å²) in [6.07, 6.45) is -4.60. The van der Waals surface area contributed by atoms with E-state index in [9.17, 15) is 22.8 Å².